The van der Waals surface area contributed by atoms with Crippen LogP contribution >= 0.6 is 0 Å². The normalized spacial score (nSPS) is 18.1. The van der Waals surface area contributed by atoms with Gasteiger partial charge in [0.15, 0.2) is 5.96 Å². The zero-order valence-corrected chi connectivity index (χ0v) is 39.0. The van der Waals surface area contributed by atoms with E-state index in [1.54, 1.807) is 30.3 Å². The van der Waals surface area contributed by atoms with Gasteiger partial charge in [-0.05, 0) is 82.4 Å². The average molecular weight is 947 g/mol. The minimum atomic E-state index is -1.37. The second-order valence-electron chi connectivity index (χ2n) is 17.3. The molecule has 2 saturated heterocycles. The van der Waals surface area contributed by atoms with Crippen LogP contribution in [0.25, 0.3) is 0 Å². The molecule has 68 heavy (non-hydrogen) atoms. The molecule has 14 N–H and O–H groups in total. The van der Waals surface area contributed by atoms with E-state index < -0.39 is 96.3 Å². The molecule has 0 aromatic heterocycles. The summed E-state index contributed by atoms with van der Waals surface area (Å²) >= 11 is 0. The summed E-state index contributed by atoms with van der Waals surface area (Å²) in [6, 6.07) is 9.49. The Labute approximate surface area is 397 Å². The third-order valence-electron chi connectivity index (χ3n) is 12.0. The molecule has 2 heterocycles. The summed E-state index contributed by atoms with van der Waals surface area (Å²) in [4.78, 5) is 109. The number of likely N-dealkylation sites (tertiary alicyclic amines) is 1. The number of aliphatic carboxylic acids is 1. The number of carbonyl (C=O) groups is 8. The number of hydrogen-bond donors (Lipinski definition) is 12. The molecule has 21 heteroatoms. The molecule has 4 rings (SSSR count). The molecule has 2 aliphatic heterocycles. The third-order valence-corrected chi connectivity index (χ3v) is 12.0. The molecular weight excluding hydrogens is 877 g/mol. The van der Waals surface area contributed by atoms with Crippen LogP contribution in [0.15, 0.2) is 60.7 Å². The van der Waals surface area contributed by atoms with Gasteiger partial charge >= 0.3 is 5.97 Å². The van der Waals surface area contributed by atoms with E-state index in [1.165, 1.54) is 11.8 Å². The number of rotatable bonds is 27. The maximum Gasteiger partial charge on any atom is 0.326 e. The fourth-order valence-corrected chi connectivity index (χ4v) is 8.14. The van der Waals surface area contributed by atoms with E-state index >= 15 is 0 Å². The zero-order chi connectivity index (χ0) is 49.6. The minimum Gasteiger partial charge on any atom is -0.480 e. The number of aryl methyl sites for hydroxylation is 1. The van der Waals surface area contributed by atoms with Crippen LogP contribution < -0.4 is 54.0 Å². The predicted molar refractivity (Wildman–Crippen MR) is 253 cm³/mol. The molecule has 0 bridgehead atoms. The van der Waals surface area contributed by atoms with Gasteiger partial charge in [-0.3, -0.25) is 39.0 Å². The maximum atomic E-state index is 14.4. The summed E-state index contributed by atoms with van der Waals surface area (Å²) in [5.41, 5.74) is 13.0. The van der Waals surface area contributed by atoms with Gasteiger partial charge in [-0.1, -0.05) is 80.4 Å². The first kappa shape index (κ1) is 54.0. The summed E-state index contributed by atoms with van der Waals surface area (Å²) < 4.78 is 0. The summed E-state index contributed by atoms with van der Waals surface area (Å²) in [5, 5.41) is 39.2. The first-order chi connectivity index (χ1) is 32.6. The molecule has 0 spiro atoms. The lowest BCUT2D eigenvalue weighted by molar-refractivity contribution is -0.149. The van der Waals surface area contributed by atoms with Crippen LogP contribution in [-0.4, -0.2) is 138 Å². The second kappa shape index (κ2) is 27.9. The van der Waals surface area contributed by atoms with Crippen molar-refractivity contribution in [3.8, 4) is 0 Å². The van der Waals surface area contributed by atoms with Gasteiger partial charge in [0.1, 0.15) is 42.3 Å². The van der Waals surface area contributed by atoms with Gasteiger partial charge < -0.3 is 64.0 Å². The Kier molecular flexibility index (Phi) is 22.1. The number of carboxylic acids is 1. The lowest BCUT2D eigenvalue weighted by atomic mass is 10.0. The lowest BCUT2D eigenvalue weighted by Gasteiger charge is -2.29. The van der Waals surface area contributed by atoms with Crippen molar-refractivity contribution in [2.45, 2.75) is 139 Å². The maximum absolute atomic E-state index is 14.4. The fourth-order valence-electron chi connectivity index (χ4n) is 8.14. The van der Waals surface area contributed by atoms with Crippen LogP contribution in [-0.2, 0) is 51.2 Å². The largest absolute Gasteiger partial charge is 0.480 e. The Hall–Kier alpha value is -6.61. The predicted octanol–water partition coefficient (Wildman–Crippen LogP) is -0.970. The zero-order valence-electron chi connectivity index (χ0n) is 39.0. The van der Waals surface area contributed by atoms with Crippen LogP contribution in [0, 0.1) is 5.41 Å². The van der Waals surface area contributed by atoms with Crippen molar-refractivity contribution in [1.82, 2.24) is 47.4 Å². The van der Waals surface area contributed by atoms with Crippen LogP contribution in [0.1, 0.15) is 89.2 Å². The molecular formula is C47H70N12O9. The third kappa shape index (κ3) is 17.2. The average Bonchev–Trinajstić information content (AvgIpc) is 4.06. The van der Waals surface area contributed by atoms with E-state index in [-0.39, 0.29) is 50.6 Å². The van der Waals surface area contributed by atoms with Crippen molar-refractivity contribution in [2.75, 3.05) is 26.2 Å². The highest BCUT2D eigenvalue weighted by molar-refractivity contribution is 5.97. The molecule has 7 amide bonds. The molecule has 21 nitrogen and oxygen atoms in total. The van der Waals surface area contributed by atoms with Crippen molar-refractivity contribution in [2.24, 2.45) is 11.5 Å². The van der Waals surface area contributed by atoms with E-state index in [2.05, 4.69) is 42.5 Å². The molecule has 0 saturated carbocycles. The van der Waals surface area contributed by atoms with Gasteiger partial charge in [-0.15, -0.1) is 0 Å². The van der Waals surface area contributed by atoms with Gasteiger partial charge in [0.2, 0.25) is 41.4 Å². The number of carboxylic acid groups (broad SMARTS) is 1. The summed E-state index contributed by atoms with van der Waals surface area (Å²) in [5.74, 6) is -5.89. The van der Waals surface area contributed by atoms with Crippen molar-refractivity contribution < 1.29 is 43.5 Å². The second-order valence-corrected chi connectivity index (χ2v) is 17.3. The van der Waals surface area contributed by atoms with E-state index in [1.807, 2.05) is 37.3 Å². The quantitative estimate of drug-likeness (QED) is 0.0292. The SMILES string of the molecule is CCCC[C@H](NC(=O)[C@H](C)NC(=O)[C@H](CN)NC(=O)[C@H](CCc1ccccc1)NC(=O)[C@H](Cc1ccccc1)NC(=O)[C@H](CCCNC(=N)N)NC(=O)[C@@H]1CCCN1)C(=O)N1CCC[C@@H]1C(=O)O. The highest BCUT2D eigenvalue weighted by atomic mass is 16.4. The number of nitrogens with zero attached hydrogens (tertiary/aromatic N) is 1. The number of benzene rings is 2. The smallest absolute Gasteiger partial charge is 0.326 e. The Balaban J connectivity index is 1.50. The van der Waals surface area contributed by atoms with Crippen LogP contribution in [0.4, 0.5) is 0 Å². The summed E-state index contributed by atoms with van der Waals surface area (Å²) in [6.07, 6.45) is 4.65. The highest BCUT2D eigenvalue weighted by Gasteiger charge is 2.38. The van der Waals surface area contributed by atoms with E-state index in [0.29, 0.717) is 57.1 Å². The number of carbonyl (C=O) groups excluding carboxylic acids is 7. The molecule has 2 aromatic rings. The molecule has 2 aliphatic rings. The topological polar surface area (TPSA) is 332 Å². The number of unbranched alkanes of at least 4 members (excludes halogenated alkanes) is 1. The first-order valence-electron chi connectivity index (χ1n) is 23.6. The number of nitrogens with one attached hydrogen (secondary N) is 9. The van der Waals surface area contributed by atoms with Gasteiger partial charge in [0.25, 0.3) is 0 Å². The van der Waals surface area contributed by atoms with Crippen molar-refractivity contribution >= 4 is 53.3 Å². The number of amides is 7. The summed E-state index contributed by atoms with van der Waals surface area (Å²) in [7, 11) is 0. The molecule has 0 unspecified atom stereocenters. The number of hydrogen-bond acceptors (Lipinski definition) is 11. The molecule has 2 aromatic carbocycles. The standard InChI is InChI=1S/C47H70N12O9/c1-3-4-18-35(45(66)59-26-13-21-38(59)46(67)68)56-39(60)29(2)53-44(65)37(28-48)58-42(63)34(23-22-30-14-7-5-8-15-30)55-43(64)36(27-31-16-9-6-10-17-31)57-41(62)33(20-12-25-52-47(49)50)54-40(61)32-19-11-24-51-32/h5-10,14-17,29,32-38,51H,3-4,11-13,18-28,48H2,1-2H3,(H,53,65)(H,54,61)(H,55,64)(H,56,60)(H,57,62)(H,58,63)(H,67,68)(H4,49,50,52)/t29-,32-,33-,34-,35-,36-,37-,38+/m0/s1. The molecule has 2 fully saturated rings. The Morgan fingerprint density at radius 1 is 0.721 bits per heavy atom. The summed E-state index contributed by atoms with van der Waals surface area (Å²) in [6.45, 7) is 4.07. The van der Waals surface area contributed by atoms with E-state index in [9.17, 15) is 43.5 Å². The highest BCUT2D eigenvalue weighted by Crippen LogP contribution is 2.20. The van der Waals surface area contributed by atoms with E-state index in [0.717, 1.165) is 12.0 Å². The molecule has 0 aliphatic carbocycles. The van der Waals surface area contributed by atoms with Crippen LogP contribution in [0.3, 0.4) is 0 Å². The van der Waals surface area contributed by atoms with Crippen molar-refractivity contribution in [1.29, 1.82) is 5.41 Å². The van der Waals surface area contributed by atoms with Gasteiger partial charge in [0.05, 0.1) is 6.04 Å². The Morgan fingerprint density at radius 3 is 1.90 bits per heavy atom. The van der Waals surface area contributed by atoms with Crippen molar-refractivity contribution in [3.05, 3.63) is 71.8 Å². The lowest BCUT2D eigenvalue weighted by Crippen LogP contribution is -2.61. The Bertz CT molecular complexity index is 2020. The van der Waals surface area contributed by atoms with Gasteiger partial charge in [-0.2, -0.15) is 0 Å². The molecule has 0 radical (unpaired) electrons. The molecule has 372 valence electrons. The number of nitrogens with two attached hydrogens (primary N) is 2. The van der Waals surface area contributed by atoms with Gasteiger partial charge in [-0.25, -0.2) is 4.79 Å². The monoisotopic (exact) mass is 947 g/mol. The van der Waals surface area contributed by atoms with E-state index in [4.69, 9.17) is 16.9 Å². The van der Waals surface area contributed by atoms with Gasteiger partial charge in [0, 0.05) is 26.1 Å². The first-order valence-corrected chi connectivity index (χ1v) is 23.6. The molecule has 8 atom stereocenters. The minimum absolute atomic E-state index is 0.0129. The Morgan fingerprint density at radius 2 is 1.29 bits per heavy atom. The van der Waals surface area contributed by atoms with Crippen LogP contribution in [0.2, 0.25) is 0 Å². The van der Waals surface area contributed by atoms with Crippen LogP contribution in [0.5, 0.6) is 0 Å². The fraction of sp³-hybridized carbons (Fsp3) is 0.553. The number of guanidine groups is 1. The van der Waals surface area contributed by atoms with Crippen molar-refractivity contribution in [3.63, 3.8) is 0 Å².